The third kappa shape index (κ3) is 4.54. The van der Waals surface area contributed by atoms with Gasteiger partial charge in [0.05, 0.1) is 27.9 Å². The Morgan fingerprint density at radius 3 is 2.56 bits per heavy atom. The van der Waals surface area contributed by atoms with Gasteiger partial charge in [-0.25, -0.2) is 0 Å². The molecule has 3 rings (SSSR count). The first kappa shape index (κ1) is 19.5. The van der Waals surface area contributed by atoms with Gasteiger partial charge in [0.25, 0.3) is 0 Å². The molecule has 1 N–H and O–H groups in total. The maximum Gasteiger partial charge on any atom is 0.234 e. The molecule has 1 amide bonds. The van der Waals surface area contributed by atoms with Gasteiger partial charge in [-0.15, -0.1) is 11.3 Å². The van der Waals surface area contributed by atoms with E-state index in [0.717, 1.165) is 24.9 Å². The molecule has 27 heavy (non-hydrogen) atoms. The molecule has 6 nitrogen and oxygen atoms in total. The molecule has 1 aliphatic rings. The zero-order valence-electron chi connectivity index (χ0n) is 16.0. The largest absolute Gasteiger partial charge is 0.493 e. The Balaban J connectivity index is 1.60. The van der Waals surface area contributed by atoms with Crippen LogP contribution in [0.4, 0.5) is 0 Å². The van der Waals surface area contributed by atoms with Crippen molar-refractivity contribution in [2.45, 2.75) is 25.4 Å². The van der Waals surface area contributed by atoms with Gasteiger partial charge in [0, 0.05) is 17.5 Å². The summed E-state index contributed by atoms with van der Waals surface area (Å²) in [6.07, 6.45) is 2.24. The molecule has 0 radical (unpaired) electrons. The molecule has 0 unspecified atom stereocenters. The molecule has 1 saturated heterocycles. The second-order valence-electron chi connectivity index (χ2n) is 6.45. The molecule has 1 atom stereocenters. The minimum absolute atomic E-state index is 0.0206. The Bertz CT molecular complexity index is 738. The highest BCUT2D eigenvalue weighted by Crippen LogP contribution is 2.38. The van der Waals surface area contributed by atoms with Crippen LogP contribution in [0.25, 0.3) is 0 Å². The number of likely N-dealkylation sites (tertiary alicyclic amines) is 1. The minimum Gasteiger partial charge on any atom is -0.493 e. The molecular formula is C20H26N2O4S. The Hall–Kier alpha value is -2.25. The zero-order chi connectivity index (χ0) is 19.2. The van der Waals surface area contributed by atoms with Gasteiger partial charge in [0.15, 0.2) is 11.5 Å². The summed E-state index contributed by atoms with van der Waals surface area (Å²) in [6.45, 7) is 1.78. The number of benzene rings is 1. The van der Waals surface area contributed by atoms with E-state index in [1.54, 1.807) is 32.7 Å². The van der Waals surface area contributed by atoms with Gasteiger partial charge in [-0.2, -0.15) is 0 Å². The van der Waals surface area contributed by atoms with Crippen molar-refractivity contribution in [1.29, 1.82) is 0 Å². The van der Waals surface area contributed by atoms with Crippen LogP contribution in [-0.2, 0) is 11.3 Å². The van der Waals surface area contributed by atoms with Crippen molar-refractivity contribution in [3.05, 3.63) is 40.1 Å². The molecule has 1 aromatic carbocycles. The molecule has 0 saturated carbocycles. The van der Waals surface area contributed by atoms with E-state index in [2.05, 4.69) is 27.7 Å². The highest BCUT2D eigenvalue weighted by Gasteiger charge is 2.28. The number of nitrogens with one attached hydrogen (secondary N) is 1. The van der Waals surface area contributed by atoms with Gasteiger partial charge in [-0.1, -0.05) is 6.07 Å². The van der Waals surface area contributed by atoms with Crippen molar-refractivity contribution in [3.63, 3.8) is 0 Å². The molecule has 2 aromatic rings. The van der Waals surface area contributed by atoms with Crippen LogP contribution in [-0.4, -0.2) is 45.2 Å². The summed E-state index contributed by atoms with van der Waals surface area (Å²) in [7, 11) is 4.73. The molecule has 1 aromatic heterocycles. The lowest BCUT2D eigenvalue weighted by molar-refractivity contribution is -0.122. The number of rotatable bonds is 8. The molecule has 1 aliphatic heterocycles. The second-order valence-corrected chi connectivity index (χ2v) is 7.43. The highest BCUT2D eigenvalue weighted by atomic mass is 32.1. The lowest BCUT2D eigenvalue weighted by Crippen LogP contribution is -2.36. The Morgan fingerprint density at radius 1 is 1.22 bits per heavy atom. The number of carbonyl (C=O) groups excluding carboxylic acids is 1. The number of thiophene rings is 1. The normalized spacial score (nSPS) is 16.9. The first-order valence-electron chi connectivity index (χ1n) is 8.99. The van der Waals surface area contributed by atoms with Gasteiger partial charge >= 0.3 is 0 Å². The van der Waals surface area contributed by atoms with Crippen molar-refractivity contribution in [3.8, 4) is 17.2 Å². The quantitative estimate of drug-likeness (QED) is 0.750. The number of methoxy groups -OCH3 is 3. The summed E-state index contributed by atoms with van der Waals surface area (Å²) < 4.78 is 16.1. The van der Waals surface area contributed by atoms with E-state index in [4.69, 9.17) is 14.2 Å². The van der Waals surface area contributed by atoms with Crippen LogP contribution in [0, 0.1) is 0 Å². The number of nitrogens with zero attached hydrogens (tertiary/aromatic N) is 1. The van der Waals surface area contributed by atoms with Crippen LogP contribution < -0.4 is 19.5 Å². The number of amides is 1. The van der Waals surface area contributed by atoms with E-state index in [9.17, 15) is 4.79 Å². The molecule has 0 bridgehead atoms. The summed E-state index contributed by atoms with van der Waals surface area (Å²) in [5.41, 5.74) is 0.897. The zero-order valence-corrected chi connectivity index (χ0v) is 16.8. The van der Waals surface area contributed by atoms with Gasteiger partial charge in [-0.3, -0.25) is 9.69 Å². The SMILES string of the molecule is COc1cc(CNC(=O)CN2CCC[C@H]2c2cccs2)cc(OC)c1OC. The number of hydrogen-bond acceptors (Lipinski definition) is 6. The molecule has 7 heteroatoms. The summed E-state index contributed by atoms with van der Waals surface area (Å²) in [5, 5.41) is 5.10. The summed E-state index contributed by atoms with van der Waals surface area (Å²) >= 11 is 1.76. The van der Waals surface area contributed by atoms with Gasteiger partial charge in [0.2, 0.25) is 11.7 Å². The van der Waals surface area contributed by atoms with Crippen molar-refractivity contribution < 1.29 is 19.0 Å². The van der Waals surface area contributed by atoms with Crippen molar-refractivity contribution in [2.24, 2.45) is 0 Å². The van der Waals surface area contributed by atoms with Crippen LogP contribution in [0.5, 0.6) is 17.2 Å². The van der Waals surface area contributed by atoms with Crippen LogP contribution in [0.3, 0.4) is 0 Å². The van der Waals surface area contributed by atoms with E-state index in [1.807, 2.05) is 12.1 Å². The molecule has 0 aliphatic carbocycles. The fourth-order valence-electron chi connectivity index (χ4n) is 3.50. The first-order chi connectivity index (χ1) is 13.2. The Labute approximate surface area is 164 Å². The predicted molar refractivity (Wildman–Crippen MR) is 106 cm³/mol. The van der Waals surface area contributed by atoms with Crippen molar-refractivity contribution >= 4 is 17.2 Å². The first-order valence-corrected chi connectivity index (χ1v) is 9.87. The van der Waals surface area contributed by atoms with Gasteiger partial charge < -0.3 is 19.5 Å². The van der Waals surface area contributed by atoms with Crippen LogP contribution in [0.15, 0.2) is 29.6 Å². The minimum atomic E-state index is 0.0206. The molecule has 1 fully saturated rings. The fraction of sp³-hybridized carbons (Fsp3) is 0.450. The standard InChI is InChI=1S/C20H26N2O4S/c1-24-16-10-14(11-17(25-2)20(16)26-3)12-21-19(23)13-22-8-4-6-15(22)18-7-5-9-27-18/h5,7,9-11,15H,4,6,8,12-13H2,1-3H3,(H,21,23)/t15-/m0/s1. The summed E-state index contributed by atoms with van der Waals surface area (Å²) in [5.74, 6) is 1.73. The van der Waals surface area contributed by atoms with E-state index >= 15 is 0 Å². The van der Waals surface area contributed by atoms with Gasteiger partial charge in [0.1, 0.15) is 0 Å². The third-order valence-electron chi connectivity index (χ3n) is 4.80. The number of carbonyl (C=O) groups is 1. The van der Waals surface area contributed by atoms with Crippen molar-refractivity contribution in [1.82, 2.24) is 10.2 Å². The van der Waals surface area contributed by atoms with E-state index in [0.29, 0.717) is 36.4 Å². The summed E-state index contributed by atoms with van der Waals surface area (Å²) in [6, 6.07) is 8.29. The van der Waals surface area contributed by atoms with Gasteiger partial charge in [-0.05, 0) is 48.5 Å². The summed E-state index contributed by atoms with van der Waals surface area (Å²) in [4.78, 5) is 16.1. The maximum absolute atomic E-state index is 12.5. The highest BCUT2D eigenvalue weighted by molar-refractivity contribution is 7.10. The maximum atomic E-state index is 12.5. The second kappa shape index (κ2) is 9.10. The number of hydrogen-bond donors (Lipinski definition) is 1. The third-order valence-corrected chi connectivity index (χ3v) is 5.77. The molecular weight excluding hydrogens is 364 g/mol. The Kier molecular flexibility index (Phi) is 6.58. The average Bonchev–Trinajstić information content (AvgIpc) is 3.36. The van der Waals surface area contributed by atoms with Crippen molar-refractivity contribution in [2.75, 3.05) is 34.4 Å². The Morgan fingerprint density at radius 2 is 1.96 bits per heavy atom. The fourth-order valence-corrected chi connectivity index (χ4v) is 4.39. The topological polar surface area (TPSA) is 60.0 Å². The number of ether oxygens (including phenoxy) is 3. The molecule has 0 spiro atoms. The van der Waals surface area contributed by atoms with Crippen LogP contribution >= 0.6 is 11.3 Å². The molecule has 146 valence electrons. The predicted octanol–water partition coefficient (Wildman–Crippen LogP) is 3.23. The molecule has 2 heterocycles. The smallest absolute Gasteiger partial charge is 0.234 e. The van der Waals surface area contributed by atoms with Crippen LogP contribution in [0.1, 0.15) is 29.3 Å². The van der Waals surface area contributed by atoms with E-state index in [-0.39, 0.29) is 5.91 Å². The van der Waals surface area contributed by atoms with Crippen LogP contribution in [0.2, 0.25) is 0 Å². The van der Waals surface area contributed by atoms with E-state index in [1.165, 1.54) is 4.88 Å². The monoisotopic (exact) mass is 390 g/mol. The average molecular weight is 391 g/mol. The van der Waals surface area contributed by atoms with E-state index < -0.39 is 0 Å². The lowest BCUT2D eigenvalue weighted by atomic mass is 10.1. The lowest BCUT2D eigenvalue weighted by Gasteiger charge is -2.23.